The summed E-state index contributed by atoms with van der Waals surface area (Å²) in [6, 6.07) is 16.0. The van der Waals surface area contributed by atoms with Crippen molar-refractivity contribution in [1.82, 2.24) is 9.80 Å². The number of sulfone groups is 1. The number of carbonyl (C=O) groups excluding carboxylic acids is 2. The second-order valence-electron chi connectivity index (χ2n) is 13.5. The predicted octanol–water partition coefficient (Wildman–Crippen LogP) is 3.87. The smallest absolute Gasteiger partial charge is 0.404 e. The number of hydrogen-bond donors (Lipinski definition) is 1. The Labute approximate surface area is 275 Å². The second-order valence-corrected chi connectivity index (χ2v) is 15.7. The molecule has 0 bridgehead atoms. The fourth-order valence-electron chi connectivity index (χ4n) is 8.29. The summed E-state index contributed by atoms with van der Waals surface area (Å²) >= 11 is 0. The summed E-state index contributed by atoms with van der Waals surface area (Å²) in [6.07, 6.45) is 3.59. The highest BCUT2D eigenvalue weighted by Crippen LogP contribution is 2.51. The fraction of sp³-hybridized carbons (Fsp3) is 0.514. The highest BCUT2D eigenvalue weighted by atomic mass is 32.2. The molecule has 12 heteroatoms. The van der Waals surface area contributed by atoms with Gasteiger partial charge < -0.3 is 25.2 Å². The maximum Gasteiger partial charge on any atom is 0.404 e. The number of primary amides is 1. The average Bonchev–Trinajstić information content (AvgIpc) is 3.47. The van der Waals surface area contributed by atoms with Crippen LogP contribution >= 0.6 is 0 Å². The van der Waals surface area contributed by atoms with Crippen molar-refractivity contribution in [2.45, 2.75) is 53.8 Å². The Hall–Kier alpha value is -3.95. The maximum atomic E-state index is 14.5. The number of hydrogen-bond acceptors (Lipinski definition) is 8. The van der Waals surface area contributed by atoms with E-state index >= 15 is 0 Å². The third-order valence-corrected chi connectivity index (χ3v) is 12.9. The van der Waals surface area contributed by atoms with E-state index in [4.69, 9.17) is 10.5 Å². The lowest BCUT2D eigenvalue weighted by Gasteiger charge is -2.47. The molecule has 0 aromatic heterocycles. The summed E-state index contributed by atoms with van der Waals surface area (Å²) in [7, 11) is -3.51. The molecule has 10 nitrogen and oxygen atoms in total. The van der Waals surface area contributed by atoms with Crippen molar-refractivity contribution in [3.8, 4) is 6.07 Å². The largest absolute Gasteiger partial charge is 0.446 e. The van der Waals surface area contributed by atoms with Gasteiger partial charge in [-0.1, -0.05) is 18.7 Å². The lowest BCUT2D eigenvalue weighted by Crippen LogP contribution is -2.56. The molecule has 2 aromatic rings. The van der Waals surface area contributed by atoms with Gasteiger partial charge in [0.1, 0.15) is 17.2 Å². The van der Waals surface area contributed by atoms with Crippen LogP contribution in [0.25, 0.3) is 0 Å². The number of ether oxygens (including phenoxy) is 1. The van der Waals surface area contributed by atoms with Gasteiger partial charge in [-0.2, -0.15) is 5.26 Å². The van der Waals surface area contributed by atoms with Gasteiger partial charge in [-0.3, -0.25) is 4.79 Å². The standard InChI is InChI=1S/C35H42FN5O5S/c1-2-33(42)41-21-30(22-41)47(44,45)29-11-9-28(10-12-29)40-19-24(20-40)18-39-15-13-25(14-16-39)35(23-37,26-5-3-6-27(36)17-26)31-7-4-8-32(31)46-34(38)43/h2-3,5-6,9-12,17,24-25,30-32H,1,4,7-8,13-16,18-22H2,(H2,38,43)/t31-,32-,35-/m0/s1. The summed E-state index contributed by atoms with van der Waals surface area (Å²) in [4.78, 5) is 29.8. The van der Waals surface area contributed by atoms with E-state index in [-0.39, 0.29) is 41.5 Å². The maximum absolute atomic E-state index is 14.5. The van der Waals surface area contributed by atoms with E-state index in [1.807, 2.05) is 18.2 Å². The van der Waals surface area contributed by atoms with E-state index in [0.29, 0.717) is 24.3 Å². The van der Waals surface area contributed by atoms with Crippen LogP contribution in [0.3, 0.4) is 0 Å². The highest BCUT2D eigenvalue weighted by molar-refractivity contribution is 7.92. The molecular weight excluding hydrogens is 621 g/mol. The molecule has 3 saturated heterocycles. The highest BCUT2D eigenvalue weighted by Gasteiger charge is 2.53. The normalized spacial score (nSPS) is 24.1. The average molecular weight is 664 g/mol. The predicted molar refractivity (Wildman–Crippen MR) is 175 cm³/mol. The van der Waals surface area contributed by atoms with Crippen molar-refractivity contribution < 1.29 is 27.1 Å². The third-order valence-electron chi connectivity index (χ3n) is 10.8. The minimum absolute atomic E-state index is 0.0224. The number of piperidine rings is 1. The Morgan fingerprint density at radius 1 is 1.06 bits per heavy atom. The number of anilines is 1. The first-order chi connectivity index (χ1) is 22.5. The molecule has 6 rings (SSSR count). The zero-order valence-electron chi connectivity index (χ0n) is 26.5. The first-order valence-corrected chi connectivity index (χ1v) is 18.0. The van der Waals surface area contributed by atoms with Crippen LogP contribution in [0.5, 0.6) is 0 Å². The molecule has 2 amide bonds. The van der Waals surface area contributed by atoms with Crippen molar-refractivity contribution in [3.05, 3.63) is 72.6 Å². The number of rotatable bonds is 10. The van der Waals surface area contributed by atoms with Crippen LogP contribution < -0.4 is 10.6 Å². The number of nitriles is 1. The van der Waals surface area contributed by atoms with Crippen LogP contribution in [-0.2, 0) is 24.8 Å². The summed E-state index contributed by atoms with van der Waals surface area (Å²) < 4.78 is 46.0. The molecule has 3 aliphatic heterocycles. The minimum Gasteiger partial charge on any atom is -0.446 e. The lowest BCUT2D eigenvalue weighted by atomic mass is 9.59. The van der Waals surface area contributed by atoms with E-state index in [9.17, 15) is 27.7 Å². The first kappa shape index (κ1) is 33.0. The quantitative estimate of drug-likeness (QED) is 0.379. The molecule has 1 saturated carbocycles. The van der Waals surface area contributed by atoms with Crippen LogP contribution in [0.1, 0.15) is 37.7 Å². The molecule has 3 atom stereocenters. The lowest BCUT2D eigenvalue weighted by molar-refractivity contribution is -0.129. The SMILES string of the molecule is C=CC(=O)N1CC(S(=O)(=O)c2ccc(N3CC(CN4CCC([C@@](C#N)(c5cccc(F)c5)[C@H]5CCC[C@@H]5OC(N)=O)CC4)C3)cc2)C1. The number of amides is 2. The van der Waals surface area contributed by atoms with Gasteiger partial charge in [0.05, 0.1) is 16.4 Å². The molecule has 2 N–H and O–H groups in total. The first-order valence-electron chi connectivity index (χ1n) is 16.4. The van der Waals surface area contributed by atoms with E-state index in [1.54, 1.807) is 18.2 Å². The Morgan fingerprint density at radius 2 is 1.77 bits per heavy atom. The Balaban J connectivity index is 1.04. The number of nitrogens with zero attached hydrogens (tertiary/aromatic N) is 4. The van der Waals surface area contributed by atoms with E-state index in [0.717, 1.165) is 57.7 Å². The van der Waals surface area contributed by atoms with Crippen molar-refractivity contribution in [2.24, 2.45) is 23.5 Å². The van der Waals surface area contributed by atoms with E-state index in [1.165, 1.54) is 23.1 Å². The zero-order chi connectivity index (χ0) is 33.3. The zero-order valence-corrected chi connectivity index (χ0v) is 27.3. The minimum atomic E-state index is -3.51. The van der Waals surface area contributed by atoms with Crippen molar-refractivity contribution >= 4 is 27.5 Å². The fourth-order valence-corrected chi connectivity index (χ4v) is 9.94. The number of halogens is 1. The van der Waals surface area contributed by atoms with Gasteiger partial charge in [0.25, 0.3) is 0 Å². The molecule has 1 aliphatic carbocycles. The molecular formula is C35H42FN5O5S. The molecule has 47 heavy (non-hydrogen) atoms. The van der Waals surface area contributed by atoms with Crippen LogP contribution in [0.4, 0.5) is 14.9 Å². The Morgan fingerprint density at radius 3 is 2.38 bits per heavy atom. The van der Waals surface area contributed by atoms with Crippen molar-refractivity contribution in [3.63, 3.8) is 0 Å². The summed E-state index contributed by atoms with van der Waals surface area (Å²) in [6.45, 7) is 8.12. The van der Waals surface area contributed by atoms with Gasteiger partial charge in [0.15, 0.2) is 9.84 Å². The summed E-state index contributed by atoms with van der Waals surface area (Å²) in [5, 5.41) is 10.2. The third kappa shape index (κ3) is 6.35. The van der Waals surface area contributed by atoms with Gasteiger partial charge in [0, 0.05) is 50.2 Å². The van der Waals surface area contributed by atoms with E-state index in [2.05, 4.69) is 22.4 Å². The van der Waals surface area contributed by atoms with Gasteiger partial charge in [-0.15, -0.1) is 0 Å². The van der Waals surface area contributed by atoms with Crippen LogP contribution in [0.15, 0.2) is 66.1 Å². The van der Waals surface area contributed by atoms with Crippen molar-refractivity contribution in [1.29, 1.82) is 5.26 Å². The molecule has 2 aromatic carbocycles. The summed E-state index contributed by atoms with van der Waals surface area (Å²) in [5.74, 6) is -0.458. The topological polar surface area (TPSA) is 137 Å². The van der Waals surface area contributed by atoms with Crippen LogP contribution in [0.2, 0.25) is 0 Å². The summed E-state index contributed by atoms with van der Waals surface area (Å²) in [5.41, 5.74) is 6.04. The van der Waals surface area contributed by atoms with Crippen LogP contribution in [0, 0.1) is 34.9 Å². The Kier molecular flexibility index (Phi) is 9.31. The van der Waals surface area contributed by atoms with Gasteiger partial charge in [0.2, 0.25) is 5.91 Å². The van der Waals surface area contributed by atoms with Gasteiger partial charge in [-0.25, -0.2) is 17.6 Å². The molecule has 4 aliphatic rings. The molecule has 0 radical (unpaired) electrons. The second kappa shape index (κ2) is 13.3. The monoisotopic (exact) mass is 663 g/mol. The van der Waals surface area contributed by atoms with Gasteiger partial charge >= 0.3 is 6.09 Å². The number of carbonyl (C=O) groups is 2. The van der Waals surface area contributed by atoms with Gasteiger partial charge in [-0.05, 0) is 99.1 Å². The molecule has 3 heterocycles. The van der Waals surface area contributed by atoms with Crippen molar-refractivity contribution in [2.75, 3.05) is 50.7 Å². The Bertz CT molecular complexity index is 1640. The number of nitrogens with two attached hydrogens (primary N) is 1. The van der Waals surface area contributed by atoms with E-state index < -0.39 is 32.7 Å². The van der Waals surface area contributed by atoms with Crippen LogP contribution in [-0.4, -0.2) is 87.4 Å². The molecule has 250 valence electrons. The molecule has 0 unspecified atom stereocenters. The molecule has 4 fully saturated rings. The number of likely N-dealkylation sites (tertiary alicyclic amines) is 2. The number of benzene rings is 2. The molecule has 0 spiro atoms.